The largest absolute Gasteiger partial charge is 0.388 e. The molecule has 112 valence electrons. The quantitative estimate of drug-likeness (QED) is 0.777. The van der Waals surface area contributed by atoms with Gasteiger partial charge in [0.15, 0.2) is 11.6 Å². The Morgan fingerprint density at radius 2 is 1.42 bits per heavy atom. The average molecular weight is 276 g/mol. The van der Waals surface area contributed by atoms with Gasteiger partial charge in [0.25, 0.3) is 0 Å². The molecular weight excluding hydrogens is 252 g/mol. The number of hydrogen-bond acceptors (Lipinski definition) is 6. The lowest BCUT2D eigenvalue weighted by Gasteiger charge is -2.39. The lowest BCUT2D eigenvalue weighted by Crippen LogP contribution is -2.52. The fourth-order valence-electron chi connectivity index (χ4n) is 2.44. The summed E-state index contributed by atoms with van der Waals surface area (Å²) in [6, 6.07) is 0. The Morgan fingerprint density at radius 3 is 1.95 bits per heavy atom. The topological polar surface area (TPSA) is 77.4 Å². The Morgan fingerprint density at radius 1 is 0.895 bits per heavy atom. The Labute approximate surface area is 113 Å². The van der Waals surface area contributed by atoms with Crippen molar-refractivity contribution in [3.05, 3.63) is 0 Å². The first-order valence-corrected chi connectivity index (χ1v) is 6.70. The van der Waals surface area contributed by atoms with E-state index in [0.717, 1.165) is 0 Å². The highest BCUT2D eigenvalue weighted by Gasteiger charge is 2.43. The molecule has 0 bridgehead atoms. The third kappa shape index (κ3) is 3.65. The minimum Gasteiger partial charge on any atom is -0.388 e. The molecule has 4 atom stereocenters. The van der Waals surface area contributed by atoms with Gasteiger partial charge in [-0.05, 0) is 34.1 Å². The third-order valence-electron chi connectivity index (χ3n) is 3.43. The van der Waals surface area contributed by atoms with Crippen molar-refractivity contribution in [2.45, 2.75) is 70.1 Å². The van der Waals surface area contributed by atoms with E-state index < -0.39 is 36.0 Å². The van der Waals surface area contributed by atoms with Gasteiger partial charge in [-0.25, -0.2) is 0 Å². The molecule has 0 aromatic carbocycles. The van der Waals surface area contributed by atoms with Crippen LogP contribution in [0.1, 0.15) is 34.1 Å². The number of ether oxygens (including phenoxy) is 4. The normalized spacial score (nSPS) is 36.9. The lowest BCUT2D eigenvalue weighted by molar-refractivity contribution is -0.297. The summed E-state index contributed by atoms with van der Waals surface area (Å²) in [7, 11) is 0. The minimum atomic E-state index is -1.04. The van der Waals surface area contributed by atoms with Gasteiger partial charge in [0.2, 0.25) is 0 Å². The van der Waals surface area contributed by atoms with Gasteiger partial charge in [-0.1, -0.05) is 0 Å². The predicted molar refractivity (Wildman–Crippen MR) is 66.4 cm³/mol. The molecule has 2 fully saturated rings. The fraction of sp³-hybridized carbons (Fsp3) is 1.00. The maximum atomic E-state index is 10.2. The number of aliphatic hydroxyl groups is 2. The molecule has 0 aromatic rings. The summed E-state index contributed by atoms with van der Waals surface area (Å²) < 4.78 is 22.0. The Balaban J connectivity index is 1.94. The van der Waals surface area contributed by atoms with E-state index >= 15 is 0 Å². The number of aliphatic hydroxyl groups excluding tert-OH is 2. The van der Waals surface area contributed by atoms with Gasteiger partial charge in [0, 0.05) is 0 Å². The molecule has 19 heavy (non-hydrogen) atoms. The van der Waals surface area contributed by atoms with Crippen LogP contribution in [0.15, 0.2) is 0 Å². The fourth-order valence-corrected chi connectivity index (χ4v) is 2.44. The number of hydrogen-bond donors (Lipinski definition) is 2. The highest BCUT2D eigenvalue weighted by Crippen LogP contribution is 2.29. The van der Waals surface area contributed by atoms with Crippen molar-refractivity contribution in [3.63, 3.8) is 0 Å². The van der Waals surface area contributed by atoms with E-state index in [9.17, 15) is 10.2 Å². The summed E-state index contributed by atoms with van der Waals surface area (Å²) in [5, 5.41) is 20.4. The van der Waals surface area contributed by atoms with Crippen LogP contribution in [-0.4, -0.2) is 59.4 Å². The van der Waals surface area contributed by atoms with Crippen molar-refractivity contribution >= 4 is 0 Å². The van der Waals surface area contributed by atoms with Gasteiger partial charge < -0.3 is 29.2 Å². The molecule has 6 heteroatoms. The molecule has 0 spiro atoms. The second-order valence-electron chi connectivity index (χ2n) is 6.04. The van der Waals surface area contributed by atoms with Crippen molar-refractivity contribution in [2.24, 2.45) is 0 Å². The second-order valence-corrected chi connectivity index (χ2v) is 6.04. The summed E-state index contributed by atoms with van der Waals surface area (Å²) in [5.41, 5.74) is 0. The SMILES string of the molecule is CC1(C)OCCC(C(O)C(O)C2COC(C)(C)O2)O1. The maximum absolute atomic E-state index is 10.2. The summed E-state index contributed by atoms with van der Waals surface area (Å²) >= 11 is 0. The van der Waals surface area contributed by atoms with Crippen LogP contribution in [0.2, 0.25) is 0 Å². The van der Waals surface area contributed by atoms with Crippen molar-refractivity contribution < 1.29 is 29.2 Å². The van der Waals surface area contributed by atoms with Gasteiger partial charge in [-0.15, -0.1) is 0 Å². The van der Waals surface area contributed by atoms with Crippen LogP contribution in [0.5, 0.6) is 0 Å². The molecule has 6 nitrogen and oxygen atoms in total. The first-order chi connectivity index (χ1) is 8.70. The molecule has 0 amide bonds. The average Bonchev–Trinajstić information content (AvgIpc) is 2.66. The molecule has 0 saturated carbocycles. The highest BCUT2D eigenvalue weighted by atomic mass is 16.7. The zero-order valence-electron chi connectivity index (χ0n) is 12.0. The van der Waals surface area contributed by atoms with Crippen molar-refractivity contribution in [1.82, 2.24) is 0 Å². The first kappa shape index (κ1) is 15.2. The van der Waals surface area contributed by atoms with Crippen LogP contribution in [0.3, 0.4) is 0 Å². The minimum absolute atomic E-state index is 0.262. The molecule has 0 aliphatic carbocycles. The molecule has 0 aromatic heterocycles. The van der Waals surface area contributed by atoms with E-state index in [1.54, 1.807) is 27.7 Å². The van der Waals surface area contributed by atoms with Crippen molar-refractivity contribution in [1.29, 1.82) is 0 Å². The summed E-state index contributed by atoms with van der Waals surface area (Å²) in [6.07, 6.45) is -2.53. The van der Waals surface area contributed by atoms with Crippen LogP contribution in [-0.2, 0) is 18.9 Å². The van der Waals surface area contributed by atoms with E-state index in [4.69, 9.17) is 18.9 Å². The van der Waals surface area contributed by atoms with Crippen LogP contribution < -0.4 is 0 Å². The zero-order valence-corrected chi connectivity index (χ0v) is 12.0. The van der Waals surface area contributed by atoms with E-state index in [2.05, 4.69) is 0 Å². The zero-order chi connectivity index (χ0) is 14.3. The van der Waals surface area contributed by atoms with Gasteiger partial charge in [-0.2, -0.15) is 0 Å². The number of rotatable bonds is 3. The molecule has 0 radical (unpaired) electrons. The monoisotopic (exact) mass is 276 g/mol. The molecule has 4 unspecified atom stereocenters. The van der Waals surface area contributed by atoms with Gasteiger partial charge >= 0.3 is 0 Å². The first-order valence-electron chi connectivity index (χ1n) is 6.70. The predicted octanol–water partition coefficient (Wildman–Crippen LogP) is 0.401. The van der Waals surface area contributed by atoms with E-state index in [1.165, 1.54) is 0 Å². The molecule has 2 saturated heterocycles. The second kappa shape index (κ2) is 5.27. The maximum Gasteiger partial charge on any atom is 0.163 e. The molecular formula is C13H24O6. The Hall–Kier alpha value is -0.240. The third-order valence-corrected chi connectivity index (χ3v) is 3.43. The molecule has 2 aliphatic rings. The Kier molecular flexibility index (Phi) is 4.21. The van der Waals surface area contributed by atoms with E-state index in [0.29, 0.717) is 13.0 Å². The van der Waals surface area contributed by atoms with Crippen LogP contribution in [0, 0.1) is 0 Å². The van der Waals surface area contributed by atoms with E-state index in [-0.39, 0.29) is 6.61 Å². The smallest absolute Gasteiger partial charge is 0.163 e. The van der Waals surface area contributed by atoms with Gasteiger partial charge in [-0.3, -0.25) is 0 Å². The van der Waals surface area contributed by atoms with Crippen molar-refractivity contribution in [3.8, 4) is 0 Å². The van der Waals surface area contributed by atoms with Crippen molar-refractivity contribution in [2.75, 3.05) is 13.2 Å². The standard InChI is InChI=1S/C13H24O6/c1-12(2)16-6-5-8(18-12)10(14)11(15)9-7-17-13(3,4)19-9/h8-11,14-15H,5-7H2,1-4H3. The Bertz CT molecular complexity index is 316. The molecule has 2 heterocycles. The molecule has 2 rings (SSSR count). The molecule has 2 aliphatic heterocycles. The summed E-state index contributed by atoms with van der Waals surface area (Å²) in [4.78, 5) is 0. The van der Waals surface area contributed by atoms with Crippen LogP contribution >= 0.6 is 0 Å². The van der Waals surface area contributed by atoms with Crippen LogP contribution in [0.25, 0.3) is 0 Å². The summed E-state index contributed by atoms with van der Waals surface area (Å²) in [6.45, 7) is 7.89. The van der Waals surface area contributed by atoms with Gasteiger partial charge in [0.1, 0.15) is 18.3 Å². The summed E-state index contributed by atoms with van der Waals surface area (Å²) in [5.74, 6) is -1.46. The van der Waals surface area contributed by atoms with Crippen LogP contribution in [0.4, 0.5) is 0 Å². The lowest BCUT2D eigenvalue weighted by atomic mass is 10.00. The van der Waals surface area contributed by atoms with E-state index in [1.807, 2.05) is 0 Å². The van der Waals surface area contributed by atoms with Gasteiger partial charge in [0.05, 0.1) is 19.3 Å². The highest BCUT2D eigenvalue weighted by molar-refractivity contribution is 4.88. The molecule has 2 N–H and O–H groups in total.